The zero-order valence-electron chi connectivity index (χ0n) is 25.1. The van der Waals surface area contributed by atoms with Gasteiger partial charge in [0.2, 0.25) is 0 Å². The molecule has 46 heavy (non-hydrogen) atoms. The molecule has 0 saturated carbocycles. The number of amides is 2. The molecule has 3 aromatic rings. The molecule has 0 spiro atoms. The van der Waals surface area contributed by atoms with Crippen molar-refractivity contribution < 1.29 is 38.6 Å². The van der Waals surface area contributed by atoms with Gasteiger partial charge in [-0.2, -0.15) is 5.10 Å². The van der Waals surface area contributed by atoms with E-state index in [9.17, 15) is 24.8 Å². The molecular weight excluding hydrogens is 666 g/mol. The Hall–Kier alpha value is -5.15. The molecule has 0 aliphatic carbocycles. The number of ether oxygens (including phenoxy) is 4. The highest BCUT2D eigenvalue weighted by Gasteiger charge is 2.32. The summed E-state index contributed by atoms with van der Waals surface area (Å²) in [7, 11) is 1.26. The lowest BCUT2D eigenvalue weighted by Crippen LogP contribution is -2.45. The average Bonchev–Trinajstić information content (AvgIpc) is 3.03. The van der Waals surface area contributed by atoms with E-state index in [1.165, 1.54) is 25.5 Å². The summed E-state index contributed by atoms with van der Waals surface area (Å²) in [6, 6.07) is 15.2. The van der Waals surface area contributed by atoms with Crippen molar-refractivity contribution in [2.24, 2.45) is 5.10 Å². The maximum atomic E-state index is 12.4. The number of carbonyl (C=O) groups excluding carboxylic acids is 2. The highest BCUT2D eigenvalue weighted by Crippen LogP contribution is 2.35. The number of halogens is 1. The SMILES string of the molecule is CCOc1cc([C@@H]2NC(=O)NC(C)=C2C(=O)OC)ccc1OC[C@@H](O)N/N=C\c1ccc(OCc2cccc([N+](=O)[O-])c2)c(Br)c1. The highest BCUT2D eigenvalue weighted by molar-refractivity contribution is 9.10. The first kappa shape index (κ1) is 33.7. The van der Waals surface area contributed by atoms with Crippen LogP contribution in [0.1, 0.15) is 36.6 Å². The van der Waals surface area contributed by atoms with E-state index in [2.05, 4.69) is 37.1 Å². The average molecular weight is 699 g/mol. The molecule has 1 aliphatic heterocycles. The fourth-order valence-electron chi connectivity index (χ4n) is 4.46. The zero-order valence-corrected chi connectivity index (χ0v) is 26.7. The second-order valence-corrected chi connectivity index (χ2v) is 10.7. The van der Waals surface area contributed by atoms with Crippen LogP contribution in [0.4, 0.5) is 10.5 Å². The maximum Gasteiger partial charge on any atom is 0.337 e. The Bertz CT molecular complexity index is 1660. The number of hydrogen-bond donors (Lipinski definition) is 4. The number of aliphatic hydroxyl groups excluding tert-OH is 1. The summed E-state index contributed by atoms with van der Waals surface area (Å²) in [6.07, 6.45) is 0.326. The summed E-state index contributed by atoms with van der Waals surface area (Å²) in [5, 5.41) is 30.8. The number of urea groups is 1. The van der Waals surface area contributed by atoms with E-state index in [0.717, 1.165) is 0 Å². The third-order valence-corrected chi connectivity index (χ3v) is 7.20. The Morgan fingerprint density at radius 3 is 2.63 bits per heavy atom. The number of nitro groups is 1. The van der Waals surface area contributed by atoms with Gasteiger partial charge < -0.3 is 34.7 Å². The number of esters is 1. The summed E-state index contributed by atoms with van der Waals surface area (Å²) in [5.74, 6) is 0.637. The lowest BCUT2D eigenvalue weighted by Gasteiger charge is -2.28. The van der Waals surface area contributed by atoms with Gasteiger partial charge in [-0.05, 0) is 76.8 Å². The number of hydrogen-bond acceptors (Lipinski definition) is 11. The molecule has 0 radical (unpaired) electrons. The van der Waals surface area contributed by atoms with Gasteiger partial charge in [0.25, 0.3) is 5.69 Å². The van der Waals surface area contributed by atoms with Gasteiger partial charge in [0.15, 0.2) is 17.7 Å². The molecule has 15 heteroatoms. The first-order valence-corrected chi connectivity index (χ1v) is 14.8. The zero-order chi connectivity index (χ0) is 33.2. The molecule has 0 fully saturated rings. The van der Waals surface area contributed by atoms with Crippen LogP contribution in [0, 0.1) is 10.1 Å². The van der Waals surface area contributed by atoms with E-state index in [-0.39, 0.29) is 24.5 Å². The Morgan fingerprint density at radius 1 is 1.13 bits per heavy atom. The fraction of sp³-hybridized carbons (Fsp3) is 0.258. The Labute approximate surface area is 272 Å². The third kappa shape index (κ3) is 8.73. The first-order valence-electron chi connectivity index (χ1n) is 14.0. The van der Waals surface area contributed by atoms with Crippen LogP contribution in [0.15, 0.2) is 81.5 Å². The van der Waals surface area contributed by atoms with Crippen molar-refractivity contribution >= 4 is 39.8 Å². The normalized spacial score (nSPS) is 15.1. The van der Waals surface area contributed by atoms with Gasteiger partial charge in [-0.25, -0.2) is 9.59 Å². The number of methoxy groups -OCH3 is 1. The number of nitrogens with one attached hydrogen (secondary N) is 3. The number of non-ortho nitro benzene ring substituents is 1. The van der Waals surface area contributed by atoms with E-state index >= 15 is 0 Å². The van der Waals surface area contributed by atoms with Crippen LogP contribution >= 0.6 is 15.9 Å². The molecule has 0 saturated heterocycles. The summed E-state index contributed by atoms with van der Waals surface area (Å²) in [5.41, 5.74) is 5.14. The van der Waals surface area contributed by atoms with Gasteiger partial charge in [0.1, 0.15) is 19.0 Å². The quantitative estimate of drug-likeness (QED) is 0.0617. The predicted octanol–water partition coefficient (Wildman–Crippen LogP) is 4.46. The van der Waals surface area contributed by atoms with Gasteiger partial charge in [-0.3, -0.25) is 15.5 Å². The Kier molecular flexibility index (Phi) is 11.5. The van der Waals surface area contributed by atoms with E-state index < -0.39 is 29.2 Å². The molecule has 1 heterocycles. The molecule has 3 aromatic carbocycles. The molecule has 2 amide bonds. The number of nitro benzene ring substituents is 1. The molecule has 14 nitrogen and oxygen atoms in total. The monoisotopic (exact) mass is 697 g/mol. The first-order chi connectivity index (χ1) is 22.1. The van der Waals surface area contributed by atoms with E-state index in [1.54, 1.807) is 62.4 Å². The van der Waals surface area contributed by atoms with Crippen LogP contribution in [-0.4, -0.2) is 54.8 Å². The summed E-state index contributed by atoms with van der Waals surface area (Å²) >= 11 is 3.45. The summed E-state index contributed by atoms with van der Waals surface area (Å²) in [4.78, 5) is 35.1. The van der Waals surface area contributed by atoms with Crippen molar-refractivity contribution in [3.63, 3.8) is 0 Å². The van der Waals surface area contributed by atoms with Crippen molar-refractivity contribution in [1.82, 2.24) is 16.1 Å². The molecular formula is C31H32BrN5O9. The lowest BCUT2D eigenvalue weighted by atomic mass is 9.95. The largest absolute Gasteiger partial charge is 0.490 e. The number of allylic oxidation sites excluding steroid dienone is 1. The van der Waals surface area contributed by atoms with Crippen LogP contribution in [0.2, 0.25) is 0 Å². The standard InChI is InChI=1S/C31H32BrN5O9/c1-4-44-26-14-21(29-28(30(39)43-3)18(2)34-31(40)35-29)9-11-25(26)46-17-27(38)36-33-15-19-8-10-24(23(32)13-19)45-16-20-6-5-7-22(12-20)37(41)42/h5-15,27,29,36,38H,4,16-17H2,1-3H3,(H2,34,35,40)/b33-15-/t27-,29+/m1/s1. The van der Waals surface area contributed by atoms with E-state index in [1.807, 2.05) is 0 Å². The minimum atomic E-state index is -1.17. The minimum absolute atomic E-state index is 0.00774. The molecule has 1 aliphatic rings. The second-order valence-electron chi connectivity index (χ2n) is 9.82. The van der Waals surface area contributed by atoms with Gasteiger partial charge in [-0.15, -0.1) is 0 Å². The molecule has 2 atom stereocenters. The fourth-order valence-corrected chi connectivity index (χ4v) is 4.97. The molecule has 0 unspecified atom stereocenters. The lowest BCUT2D eigenvalue weighted by molar-refractivity contribution is -0.384. The number of hydrazone groups is 1. The van der Waals surface area contributed by atoms with Gasteiger partial charge >= 0.3 is 12.0 Å². The number of benzene rings is 3. The molecule has 0 bridgehead atoms. The van der Waals surface area contributed by atoms with Crippen LogP contribution in [0.25, 0.3) is 0 Å². The number of rotatable bonds is 14. The predicted molar refractivity (Wildman–Crippen MR) is 171 cm³/mol. The molecule has 4 rings (SSSR count). The number of carbonyl (C=O) groups is 2. The van der Waals surface area contributed by atoms with Crippen LogP contribution in [-0.2, 0) is 16.1 Å². The molecule has 242 valence electrons. The van der Waals surface area contributed by atoms with Crippen molar-refractivity contribution in [2.75, 3.05) is 20.3 Å². The highest BCUT2D eigenvalue weighted by atomic mass is 79.9. The van der Waals surface area contributed by atoms with Crippen molar-refractivity contribution in [1.29, 1.82) is 0 Å². The van der Waals surface area contributed by atoms with Gasteiger partial charge in [0, 0.05) is 17.8 Å². The Balaban J connectivity index is 1.34. The van der Waals surface area contributed by atoms with E-state index in [4.69, 9.17) is 18.9 Å². The summed E-state index contributed by atoms with van der Waals surface area (Å²) < 4.78 is 22.8. The van der Waals surface area contributed by atoms with Crippen molar-refractivity contribution in [2.45, 2.75) is 32.7 Å². The van der Waals surface area contributed by atoms with Crippen molar-refractivity contribution in [3.05, 3.63) is 103 Å². The van der Waals surface area contributed by atoms with Gasteiger partial charge in [-0.1, -0.05) is 18.2 Å². The van der Waals surface area contributed by atoms with Crippen LogP contribution < -0.4 is 30.3 Å². The maximum absolute atomic E-state index is 12.4. The number of aliphatic hydroxyl groups is 1. The minimum Gasteiger partial charge on any atom is -0.490 e. The number of nitrogens with zero attached hydrogens (tertiary/aromatic N) is 2. The van der Waals surface area contributed by atoms with E-state index in [0.29, 0.717) is 50.7 Å². The molecule has 4 N–H and O–H groups in total. The smallest absolute Gasteiger partial charge is 0.337 e. The summed E-state index contributed by atoms with van der Waals surface area (Å²) in [6.45, 7) is 3.70. The molecule has 0 aromatic heterocycles. The van der Waals surface area contributed by atoms with Crippen LogP contribution in [0.3, 0.4) is 0 Å². The van der Waals surface area contributed by atoms with Crippen molar-refractivity contribution in [3.8, 4) is 17.2 Å². The van der Waals surface area contributed by atoms with Crippen LogP contribution in [0.5, 0.6) is 17.2 Å². The van der Waals surface area contributed by atoms with Gasteiger partial charge in [0.05, 0.1) is 40.9 Å². The second kappa shape index (κ2) is 15.7. The Morgan fingerprint density at radius 2 is 1.91 bits per heavy atom. The topological polar surface area (TPSA) is 183 Å². The third-order valence-electron chi connectivity index (χ3n) is 6.58.